The lowest BCUT2D eigenvalue weighted by Gasteiger charge is -2.22. The first-order chi connectivity index (χ1) is 12.2. The molecule has 0 bridgehead atoms. The van der Waals surface area contributed by atoms with E-state index in [0.717, 1.165) is 23.6 Å². The molecular weight excluding hydrogens is 312 g/mol. The minimum Gasteiger partial charge on any atom is -0.486 e. The normalized spacial score (nSPS) is 14.3. The van der Waals surface area contributed by atoms with E-state index in [1.807, 2.05) is 12.3 Å². The van der Waals surface area contributed by atoms with Gasteiger partial charge in [0.25, 0.3) is 0 Å². The van der Waals surface area contributed by atoms with Crippen molar-refractivity contribution < 1.29 is 9.47 Å². The molecule has 2 heterocycles. The second kappa shape index (κ2) is 6.63. The third kappa shape index (κ3) is 3.12. The molecule has 4 heteroatoms. The van der Waals surface area contributed by atoms with Crippen LogP contribution in [0.15, 0.2) is 48.9 Å². The number of fused-ring (bicyclic) bond motifs is 1. The number of benzene rings is 2. The fraction of sp³-hybridized carbons (Fsp3) is 0.286. The van der Waals surface area contributed by atoms with Crippen molar-refractivity contribution in [2.75, 3.05) is 13.2 Å². The quantitative estimate of drug-likeness (QED) is 0.779. The van der Waals surface area contributed by atoms with Crippen molar-refractivity contribution in [3.8, 4) is 11.5 Å². The Hall–Kier alpha value is -2.75. The molecule has 4 rings (SSSR count). The molecular formula is C21H22N2O2. The van der Waals surface area contributed by atoms with Crippen LogP contribution in [0.3, 0.4) is 0 Å². The first-order valence-corrected chi connectivity index (χ1v) is 8.65. The van der Waals surface area contributed by atoms with Gasteiger partial charge in [-0.25, -0.2) is 4.98 Å². The summed E-state index contributed by atoms with van der Waals surface area (Å²) in [5, 5.41) is 0. The Morgan fingerprint density at radius 3 is 2.72 bits per heavy atom. The van der Waals surface area contributed by atoms with Gasteiger partial charge in [-0.1, -0.05) is 24.3 Å². The van der Waals surface area contributed by atoms with Crippen LogP contribution >= 0.6 is 0 Å². The van der Waals surface area contributed by atoms with E-state index in [1.54, 1.807) is 6.33 Å². The highest BCUT2D eigenvalue weighted by Crippen LogP contribution is 2.35. The van der Waals surface area contributed by atoms with Gasteiger partial charge in [0.2, 0.25) is 0 Å². The summed E-state index contributed by atoms with van der Waals surface area (Å²) in [7, 11) is 0. The maximum Gasteiger partial charge on any atom is 0.161 e. The minimum atomic E-state index is 0.227. The number of aromatic amines is 1. The minimum absolute atomic E-state index is 0.227. The van der Waals surface area contributed by atoms with E-state index in [0.29, 0.717) is 13.2 Å². The second-order valence-corrected chi connectivity index (χ2v) is 6.53. The summed E-state index contributed by atoms with van der Waals surface area (Å²) in [5.41, 5.74) is 6.33. The standard InChI is InChI=1S/C21H22N2O2/c1-14-4-3-5-17(15(14)2)18(19-12-22-13-23-19)10-16-6-7-20-21(11-16)25-9-8-24-20/h3-7,11-13,18H,8-10H2,1-2H3,(H,22,23). The maximum atomic E-state index is 5.74. The number of nitrogens with one attached hydrogen (secondary N) is 1. The van der Waals surface area contributed by atoms with Crippen LogP contribution in [0.2, 0.25) is 0 Å². The fourth-order valence-electron chi connectivity index (χ4n) is 3.45. The predicted molar refractivity (Wildman–Crippen MR) is 97.5 cm³/mol. The second-order valence-electron chi connectivity index (χ2n) is 6.53. The Bertz CT molecular complexity index is 872. The first-order valence-electron chi connectivity index (χ1n) is 8.65. The van der Waals surface area contributed by atoms with Crippen molar-refractivity contribution in [3.63, 3.8) is 0 Å². The van der Waals surface area contributed by atoms with E-state index in [4.69, 9.17) is 9.47 Å². The molecule has 1 unspecified atom stereocenters. The Kier molecular flexibility index (Phi) is 4.18. The number of aryl methyl sites for hydroxylation is 1. The van der Waals surface area contributed by atoms with Crippen molar-refractivity contribution >= 4 is 0 Å². The number of hydrogen-bond acceptors (Lipinski definition) is 3. The largest absolute Gasteiger partial charge is 0.486 e. The molecule has 0 amide bonds. The molecule has 25 heavy (non-hydrogen) atoms. The van der Waals surface area contributed by atoms with Gasteiger partial charge < -0.3 is 14.5 Å². The Balaban J connectivity index is 1.71. The van der Waals surface area contributed by atoms with E-state index in [-0.39, 0.29) is 5.92 Å². The van der Waals surface area contributed by atoms with E-state index in [1.165, 1.54) is 22.3 Å². The van der Waals surface area contributed by atoms with Crippen LogP contribution in [-0.2, 0) is 6.42 Å². The van der Waals surface area contributed by atoms with E-state index >= 15 is 0 Å². The Morgan fingerprint density at radius 1 is 1.08 bits per heavy atom. The number of nitrogens with zero attached hydrogens (tertiary/aromatic N) is 1. The lowest BCUT2D eigenvalue weighted by molar-refractivity contribution is 0.171. The number of ether oxygens (including phenoxy) is 2. The van der Waals surface area contributed by atoms with Crippen molar-refractivity contribution in [1.29, 1.82) is 0 Å². The lowest BCUT2D eigenvalue weighted by Crippen LogP contribution is -2.15. The highest BCUT2D eigenvalue weighted by molar-refractivity contribution is 5.46. The Labute approximate surface area is 147 Å². The van der Waals surface area contributed by atoms with E-state index in [9.17, 15) is 0 Å². The maximum absolute atomic E-state index is 5.74. The summed E-state index contributed by atoms with van der Waals surface area (Å²) in [6.07, 6.45) is 4.55. The summed E-state index contributed by atoms with van der Waals surface area (Å²) in [6.45, 7) is 5.58. The smallest absolute Gasteiger partial charge is 0.161 e. The van der Waals surface area contributed by atoms with Crippen LogP contribution in [0, 0.1) is 13.8 Å². The van der Waals surface area contributed by atoms with Crippen molar-refractivity contribution in [1.82, 2.24) is 9.97 Å². The molecule has 0 radical (unpaired) electrons. The summed E-state index contributed by atoms with van der Waals surface area (Å²) >= 11 is 0. The molecule has 1 atom stereocenters. The van der Waals surface area contributed by atoms with Gasteiger partial charge in [0.15, 0.2) is 11.5 Å². The molecule has 1 aromatic heterocycles. The zero-order valence-electron chi connectivity index (χ0n) is 14.6. The molecule has 4 nitrogen and oxygen atoms in total. The topological polar surface area (TPSA) is 47.1 Å². The monoisotopic (exact) mass is 334 g/mol. The SMILES string of the molecule is Cc1cccc(C(Cc2ccc3c(c2)OCCO3)c2cnc[nH]2)c1C. The van der Waals surface area contributed by atoms with Gasteiger partial charge in [-0.3, -0.25) is 0 Å². The van der Waals surface area contributed by atoms with Crippen molar-refractivity contribution in [2.45, 2.75) is 26.2 Å². The molecule has 0 aliphatic carbocycles. The van der Waals surface area contributed by atoms with Crippen LogP contribution in [0.1, 0.15) is 33.9 Å². The molecule has 0 saturated heterocycles. The average molecular weight is 334 g/mol. The summed E-state index contributed by atoms with van der Waals surface area (Å²) < 4.78 is 11.4. The number of hydrogen-bond donors (Lipinski definition) is 1. The number of H-pyrrole nitrogens is 1. The first kappa shape index (κ1) is 15.8. The molecule has 1 aliphatic heterocycles. The third-order valence-electron chi connectivity index (χ3n) is 4.96. The van der Waals surface area contributed by atoms with Gasteiger partial charge in [0, 0.05) is 17.8 Å². The van der Waals surface area contributed by atoms with Gasteiger partial charge in [-0.05, 0) is 54.7 Å². The average Bonchev–Trinajstić information content (AvgIpc) is 3.17. The molecule has 0 fully saturated rings. The van der Waals surface area contributed by atoms with Crippen LogP contribution in [0.25, 0.3) is 0 Å². The molecule has 1 aliphatic rings. The fourth-order valence-corrected chi connectivity index (χ4v) is 3.45. The zero-order valence-corrected chi connectivity index (χ0v) is 14.6. The van der Waals surface area contributed by atoms with E-state index in [2.05, 4.69) is 54.1 Å². The van der Waals surface area contributed by atoms with Crippen LogP contribution in [0.5, 0.6) is 11.5 Å². The highest BCUT2D eigenvalue weighted by atomic mass is 16.6. The summed E-state index contributed by atoms with van der Waals surface area (Å²) in [6, 6.07) is 12.7. The molecule has 1 N–H and O–H groups in total. The Morgan fingerprint density at radius 2 is 1.92 bits per heavy atom. The van der Waals surface area contributed by atoms with Gasteiger partial charge in [-0.15, -0.1) is 0 Å². The summed E-state index contributed by atoms with van der Waals surface area (Å²) in [5.74, 6) is 1.90. The van der Waals surface area contributed by atoms with Crippen LogP contribution in [0.4, 0.5) is 0 Å². The lowest BCUT2D eigenvalue weighted by atomic mass is 9.85. The predicted octanol–water partition coefficient (Wildman–Crippen LogP) is 4.17. The molecule has 2 aromatic carbocycles. The number of imidazole rings is 1. The van der Waals surface area contributed by atoms with Gasteiger partial charge in [0.1, 0.15) is 13.2 Å². The van der Waals surface area contributed by atoms with Crippen LogP contribution in [-0.4, -0.2) is 23.2 Å². The van der Waals surface area contributed by atoms with Crippen LogP contribution < -0.4 is 9.47 Å². The summed E-state index contributed by atoms with van der Waals surface area (Å²) in [4.78, 5) is 7.53. The van der Waals surface area contributed by atoms with Crippen molar-refractivity contribution in [2.24, 2.45) is 0 Å². The van der Waals surface area contributed by atoms with Gasteiger partial charge in [-0.2, -0.15) is 0 Å². The molecule has 128 valence electrons. The number of rotatable bonds is 4. The third-order valence-corrected chi connectivity index (χ3v) is 4.96. The number of aromatic nitrogens is 2. The molecule has 0 saturated carbocycles. The van der Waals surface area contributed by atoms with E-state index < -0.39 is 0 Å². The zero-order chi connectivity index (χ0) is 17.2. The molecule has 3 aromatic rings. The van der Waals surface area contributed by atoms with Crippen molar-refractivity contribution in [3.05, 3.63) is 76.9 Å². The van der Waals surface area contributed by atoms with Gasteiger partial charge in [0.05, 0.1) is 6.33 Å². The molecule has 0 spiro atoms. The van der Waals surface area contributed by atoms with Gasteiger partial charge >= 0.3 is 0 Å². The highest BCUT2D eigenvalue weighted by Gasteiger charge is 2.20.